The number of nitrogens with zero attached hydrogens (tertiary/aromatic N) is 2. The first-order valence-electron chi connectivity index (χ1n) is 4.56. The van der Waals surface area contributed by atoms with Crippen LogP contribution >= 0.6 is 11.8 Å². The average molecular weight is 226 g/mol. The molecule has 0 unspecified atom stereocenters. The summed E-state index contributed by atoms with van der Waals surface area (Å²) < 4.78 is 0. The van der Waals surface area contributed by atoms with E-state index >= 15 is 0 Å². The van der Waals surface area contributed by atoms with Crippen LogP contribution in [-0.2, 0) is 4.79 Å². The molecule has 15 heavy (non-hydrogen) atoms. The Labute approximate surface area is 92.9 Å². The first-order valence-corrected chi connectivity index (χ1v) is 5.96. The minimum absolute atomic E-state index is 0.241. The van der Waals surface area contributed by atoms with Gasteiger partial charge in [-0.2, -0.15) is 11.8 Å². The number of carbonyl (C=O) groups excluding carboxylic acids is 1. The molecule has 0 fully saturated rings. The second kappa shape index (κ2) is 6.36. The van der Waals surface area contributed by atoms with Crippen LogP contribution in [0.3, 0.4) is 0 Å². The van der Waals surface area contributed by atoms with Gasteiger partial charge < -0.3 is 5.73 Å². The fourth-order valence-corrected chi connectivity index (χ4v) is 1.43. The maximum Gasteiger partial charge on any atom is 0.243 e. The lowest BCUT2D eigenvalue weighted by Crippen LogP contribution is -2.36. The molecule has 3 N–H and O–H groups in total. The van der Waals surface area contributed by atoms with Crippen LogP contribution in [-0.4, -0.2) is 33.9 Å². The standard InChI is InChI=1S/C9H14N4OS/c1-15-6-3-7(10)8(14)13-9-11-4-2-5-12-9/h2,4-5,7H,3,6,10H2,1H3,(H,11,12,13,14)/t7-/m1/s1. The summed E-state index contributed by atoms with van der Waals surface area (Å²) in [6.45, 7) is 0. The number of anilines is 1. The van der Waals surface area contributed by atoms with Crippen molar-refractivity contribution in [3.8, 4) is 0 Å². The molecule has 0 saturated heterocycles. The predicted octanol–water partition coefficient (Wildman–Crippen LogP) is 0.495. The van der Waals surface area contributed by atoms with Crippen LogP contribution in [0.4, 0.5) is 5.95 Å². The lowest BCUT2D eigenvalue weighted by atomic mass is 10.2. The fraction of sp³-hybridized carbons (Fsp3) is 0.444. The smallest absolute Gasteiger partial charge is 0.243 e. The van der Waals surface area contributed by atoms with E-state index in [1.54, 1.807) is 30.2 Å². The molecular formula is C9H14N4OS. The summed E-state index contributed by atoms with van der Waals surface area (Å²) in [5, 5.41) is 2.56. The van der Waals surface area contributed by atoms with Gasteiger partial charge in [-0.3, -0.25) is 10.1 Å². The monoisotopic (exact) mass is 226 g/mol. The zero-order chi connectivity index (χ0) is 11.1. The average Bonchev–Trinajstić information content (AvgIpc) is 2.27. The van der Waals surface area contributed by atoms with E-state index < -0.39 is 6.04 Å². The molecule has 0 aliphatic rings. The van der Waals surface area contributed by atoms with E-state index in [0.717, 1.165) is 5.75 Å². The Morgan fingerprint density at radius 3 is 2.87 bits per heavy atom. The van der Waals surface area contributed by atoms with Crippen molar-refractivity contribution in [1.82, 2.24) is 9.97 Å². The quantitative estimate of drug-likeness (QED) is 0.764. The number of thioether (sulfide) groups is 1. The van der Waals surface area contributed by atoms with E-state index in [0.29, 0.717) is 12.4 Å². The van der Waals surface area contributed by atoms with Crippen molar-refractivity contribution < 1.29 is 4.79 Å². The van der Waals surface area contributed by atoms with Crippen molar-refractivity contribution in [3.63, 3.8) is 0 Å². The summed E-state index contributed by atoms with van der Waals surface area (Å²) in [6.07, 6.45) is 5.76. The van der Waals surface area contributed by atoms with Crippen molar-refractivity contribution in [2.75, 3.05) is 17.3 Å². The van der Waals surface area contributed by atoms with Gasteiger partial charge in [-0.1, -0.05) is 0 Å². The maximum atomic E-state index is 11.5. The highest BCUT2D eigenvalue weighted by Gasteiger charge is 2.13. The molecule has 0 bridgehead atoms. The van der Waals surface area contributed by atoms with E-state index in [4.69, 9.17) is 5.73 Å². The van der Waals surface area contributed by atoms with Gasteiger partial charge in [0, 0.05) is 12.4 Å². The highest BCUT2D eigenvalue weighted by atomic mass is 32.2. The van der Waals surface area contributed by atoms with Crippen LogP contribution in [0.25, 0.3) is 0 Å². The molecule has 0 aliphatic carbocycles. The molecular weight excluding hydrogens is 212 g/mol. The summed E-state index contributed by atoms with van der Waals surface area (Å²) in [4.78, 5) is 19.2. The van der Waals surface area contributed by atoms with E-state index in [2.05, 4.69) is 15.3 Å². The minimum atomic E-state index is -0.499. The molecule has 1 aromatic heterocycles. The van der Waals surface area contributed by atoms with Gasteiger partial charge in [0.25, 0.3) is 0 Å². The van der Waals surface area contributed by atoms with Crippen LogP contribution < -0.4 is 11.1 Å². The van der Waals surface area contributed by atoms with Gasteiger partial charge in [0.1, 0.15) is 0 Å². The molecule has 0 spiro atoms. The molecule has 82 valence electrons. The van der Waals surface area contributed by atoms with Crippen LogP contribution in [0.15, 0.2) is 18.5 Å². The third-order valence-electron chi connectivity index (χ3n) is 1.77. The number of aromatic nitrogens is 2. The zero-order valence-corrected chi connectivity index (χ0v) is 9.33. The molecule has 1 amide bonds. The topological polar surface area (TPSA) is 80.9 Å². The van der Waals surface area contributed by atoms with E-state index in [-0.39, 0.29) is 5.91 Å². The van der Waals surface area contributed by atoms with Gasteiger partial charge in [0.2, 0.25) is 11.9 Å². The molecule has 1 atom stereocenters. The lowest BCUT2D eigenvalue weighted by molar-refractivity contribution is -0.117. The molecule has 6 heteroatoms. The van der Waals surface area contributed by atoms with Gasteiger partial charge in [-0.25, -0.2) is 9.97 Å². The molecule has 1 rings (SSSR count). The molecule has 0 aliphatic heterocycles. The van der Waals surface area contributed by atoms with Crippen LogP contribution in [0.2, 0.25) is 0 Å². The predicted molar refractivity (Wildman–Crippen MR) is 61.6 cm³/mol. The number of hydrogen-bond acceptors (Lipinski definition) is 5. The van der Waals surface area contributed by atoms with Gasteiger partial charge in [-0.05, 0) is 24.5 Å². The Morgan fingerprint density at radius 1 is 1.60 bits per heavy atom. The van der Waals surface area contributed by atoms with E-state index in [1.165, 1.54) is 0 Å². The number of carbonyl (C=O) groups is 1. The molecule has 0 aromatic carbocycles. The lowest BCUT2D eigenvalue weighted by Gasteiger charge is -2.09. The SMILES string of the molecule is CSCC[C@@H](N)C(=O)Nc1ncccn1. The third kappa shape index (κ3) is 4.26. The van der Waals surface area contributed by atoms with Crippen molar-refractivity contribution in [3.05, 3.63) is 18.5 Å². The molecule has 1 heterocycles. The van der Waals surface area contributed by atoms with Crippen LogP contribution in [0.1, 0.15) is 6.42 Å². The highest BCUT2D eigenvalue weighted by molar-refractivity contribution is 7.98. The van der Waals surface area contributed by atoms with Gasteiger partial charge in [0.05, 0.1) is 6.04 Å². The normalized spacial score (nSPS) is 12.1. The Balaban J connectivity index is 2.42. The summed E-state index contributed by atoms with van der Waals surface area (Å²) >= 11 is 1.66. The fourth-order valence-electron chi connectivity index (χ4n) is 0.942. The highest BCUT2D eigenvalue weighted by Crippen LogP contribution is 2.01. The van der Waals surface area contributed by atoms with Gasteiger partial charge >= 0.3 is 0 Å². The maximum absolute atomic E-state index is 11.5. The Bertz CT molecular complexity index is 306. The Kier molecular flexibility index (Phi) is 5.06. The van der Waals surface area contributed by atoms with Crippen molar-refractivity contribution >= 4 is 23.6 Å². The third-order valence-corrected chi connectivity index (χ3v) is 2.41. The second-order valence-corrected chi connectivity index (χ2v) is 3.94. The molecule has 0 saturated carbocycles. The van der Waals surface area contributed by atoms with E-state index in [9.17, 15) is 4.79 Å². The van der Waals surface area contributed by atoms with Crippen molar-refractivity contribution in [1.29, 1.82) is 0 Å². The van der Waals surface area contributed by atoms with E-state index in [1.807, 2.05) is 6.26 Å². The summed E-state index contributed by atoms with van der Waals surface area (Å²) in [6, 6.07) is 1.19. The number of hydrogen-bond donors (Lipinski definition) is 2. The summed E-state index contributed by atoms with van der Waals surface area (Å²) in [5.74, 6) is 0.918. The van der Waals surface area contributed by atoms with Crippen LogP contribution in [0.5, 0.6) is 0 Å². The zero-order valence-electron chi connectivity index (χ0n) is 8.51. The van der Waals surface area contributed by atoms with Crippen molar-refractivity contribution in [2.24, 2.45) is 5.73 Å². The number of nitrogens with one attached hydrogen (secondary N) is 1. The number of nitrogens with two attached hydrogens (primary N) is 1. The Hall–Kier alpha value is -1.14. The van der Waals surface area contributed by atoms with Gasteiger partial charge in [0.15, 0.2) is 0 Å². The molecule has 0 radical (unpaired) electrons. The first kappa shape index (κ1) is 11.9. The van der Waals surface area contributed by atoms with Crippen molar-refractivity contribution in [2.45, 2.75) is 12.5 Å². The second-order valence-electron chi connectivity index (χ2n) is 2.95. The summed E-state index contributed by atoms with van der Waals surface area (Å²) in [7, 11) is 0. The summed E-state index contributed by atoms with van der Waals surface area (Å²) in [5.41, 5.74) is 5.67. The minimum Gasteiger partial charge on any atom is -0.320 e. The number of amides is 1. The first-order chi connectivity index (χ1) is 7.24. The largest absolute Gasteiger partial charge is 0.320 e. The van der Waals surface area contributed by atoms with Crippen LogP contribution in [0, 0.1) is 0 Å². The molecule has 1 aromatic rings. The number of rotatable bonds is 5. The molecule has 5 nitrogen and oxygen atoms in total. The Morgan fingerprint density at radius 2 is 2.27 bits per heavy atom. The van der Waals surface area contributed by atoms with Gasteiger partial charge in [-0.15, -0.1) is 0 Å².